The second-order valence-corrected chi connectivity index (χ2v) is 3.93. The monoisotopic (exact) mass is 218 g/mol. The van der Waals surface area contributed by atoms with E-state index in [1.807, 2.05) is 18.2 Å². The van der Waals surface area contributed by atoms with Gasteiger partial charge >= 0.3 is 0 Å². The molecular formula is C12H14N2O2. The van der Waals surface area contributed by atoms with E-state index in [4.69, 9.17) is 5.73 Å². The lowest BCUT2D eigenvalue weighted by Crippen LogP contribution is -2.39. The molecule has 0 radical (unpaired) electrons. The predicted molar refractivity (Wildman–Crippen MR) is 60.3 cm³/mol. The van der Waals surface area contributed by atoms with E-state index in [9.17, 15) is 9.59 Å². The Morgan fingerprint density at radius 1 is 1.12 bits per heavy atom. The standard InChI is InChI=1S/C12H14N2O2/c13-10-5-2-1-4-9(10)8-14-11(15)6-3-7-12(14)16/h1-2,4-5H,3,6-8,13H2. The number of anilines is 1. The summed E-state index contributed by atoms with van der Waals surface area (Å²) < 4.78 is 0. The molecule has 1 aromatic carbocycles. The predicted octanol–water partition coefficient (Wildman–Crippen LogP) is 1.31. The number of amides is 2. The van der Waals surface area contributed by atoms with Gasteiger partial charge in [-0.25, -0.2) is 0 Å². The fourth-order valence-electron chi connectivity index (χ4n) is 1.82. The second-order valence-electron chi connectivity index (χ2n) is 3.93. The summed E-state index contributed by atoms with van der Waals surface area (Å²) in [6.45, 7) is 0.296. The lowest BCUT2D eigenvalue weighted by Gasteiger charge is -2.25. The Morgan fingerprint density at radius 3 is 2.38 bits per heavy atom. The Balaban J connectivity index is 2.17. The number of hydrogen-bond donors (Lipinski definition) is 1. The highest BCUT2D eigenvalue weighted by molar-refractivity contribution is 5.97. The maximum atomic E-state index is 11.6. The van der Waals surface area contributed by atoms with Gasteiger partial charge in [-0.3, -0.25) is 14.5 Å². The maximum absolute atomic E-state index is 11.6. The minimum atomic E-state index is -0.0977. The van der Waals surface area contributed by atoms with Crippen molar-refractivity contribution in [2.75, 3.05) is 5.73 Å². The number of piperidine rings is 1. The zero-order valence-corrected chi connectivity index (χ0v) is 8.98. The molecule has 1 fully saturated rings. The Morgan fingerprint density at radius 2 is 1.75 bits per heavy atom. The van der Waals surface area contributed by atoms with Crippen LogP contribution in [0.2, 0.25) is 0 Å². The third-order valence-electron chi connectivity index (χ3n) is 2.77. The number of para-hydroxylation sites is 1. The van der Waals surface area contributed by atoms with Gasteiger partial charge in [-0.05, 0) is 18.1 Å². The van der Waals surface area contributed by atoms with Crippen molar-refractivity contribution in [1.82, 2.24) is 4.90 Å². The van der Waals surface area contributed by atoms with E-state index in [1.165, 1.54) is 4.90 Å². The van der Waals surface area contributed by atoms with E-state index >= 15 is 0 Å². The third-order valence-corrected chi connectivity index (χ3v) is 2.77. The number of hydrogen-bond acceptors (Lipinski definition) is 3. The van der Waals surface area contributed by atoms with Crippen molar-refractivity contribution in [2.45, 2.75) is 25.8 Å². The van der Waals surface area contributed by atoms with Crippen LogP contribution in [0.1, 0.15) is 24.8 Å². The van der Waals surface area contributed by atoms with Crippen molar-refractivity contribution < 1.29 is 9.59 Å². The van der Waals surface area contributed by atoms with Crippen LogP contribution < -0.4 is 5.73 Å². The highest BCUT2D eigenvalue weighted by atomic mass is 16.2. The molecule has 2 N–H and O–H groups in total. The van der Waals surface area contributed by atoms with Crippen molar-refractivity contribution in [3.8, 4) is 0 Å². The molecule has 16 heavy (non-hydrogen) atoms. The van der Waals surface area contributed by atoms with Gasteiger partial charge in [0.15, 0.2) is 0 Å². The number of likely N-dealkylation sites (tertiary alicyclic amines) is 1. The molecule has 1 heterocycles. The molecule has 0 spiro atoms. The number of carbonyl (C=O) groups excluding carboxylic acids is 2. The number of nitrogens with zero attached hydrogens (tertiary/aromatic N) is 1. The first kappa shape index (κ1) is 10.7. The van der Waals surface area contributed by atoms with Crippen molar-refractivity contribution in [2.24, 2.45) is 0 Å². The van der Waals surface area contributed by atoms with Gasteiger partial charge in [-0.2, -0.15) is 0 Å². The van der Waals surface area contributed by atoms with Gasteiger partial charge in [-0.15, -0.1) is 0 Å². The normalized spacial score (nSPS) is 16.6. The van der Waals surface area contributed by atoms with Crippen LogP contribution in [0.15, 0.2) is 24.3 Å². The van der Waals surface area contributed by atoms with Gasteiger partial charge in [0.25, 0.3) is 0 Å². The fraction of sp³-hybridized carbons (Fsp3) is 0.333. The molecule has 4 heteroatoms. The summed E-state index contributed by atoms with van der Waals surface area (Å²) in [6, 6.07) is 7.29. The Bertz CT molecular complexity index is 413. The van der Waals surface area contributed by atoms with E-state index in [0.29, 0.717) is 31.5 Å². The van der Waals surface area contributed by atoms with Crippen molar-refractivity contribution in [3.05, 3.63) is 29.8 Å². The fourth-order valence-corrected chi connectivity index (χ4v) is 1.82. The summed E-state index contributed by atoms with van der Waals surface area (Å²) in [5, 5.41) is 0. The van der Waals surface area contributed by atoms with E-state index in [-0.39, 0.29) is 11.8 Å². The van der Waals surface area contributed by atoms with Gasteiger partial charge in [0.2, 0.25) is 11.8 Å². The second kappa shape index (κ2) is 4.35. The van der Waals surface area contributed by atoms with Gasteiger partial charge in [0, 0.05) is 18.5 Å². The third kappa shape index (κ3) is 2.05. The molecule has 84 valence electrons. The van der Waals surface area contributed by atoms with E-state index in [0.717, 1.165) is 5.56 Å². The lowest BCUT2D eigenvalue weighted by atomic mass is 10.1. The summed E-state index contributed by atoms with van der Waals surface area (Å²) in [5.74, 6) is -0.195. The van der Waals surface area contributed by atoms with Crippen molar-refractivity contribution >= 4 is 17.5 Å². The minimum absolute atomic E-state index is 0.0977. The molecule has 0 atom stereocenters. The van der Waals surface area contributed by atoms with E-state index < -0.39 is 0 Å². The molecule has 1 aliphatic heterocycles. The van der Waals surface area contributed by atoms with Crippen LogP contribution in [0, 0.1) is 0 Å². The van der Waals surface area contributed by atoms with Gasteiger partial charge in [-0.1, -0.05) is 18.2 Å². The van der Waals surface area contributed by atoms with Crippen LogP contribution >= 0.6 is 0 Å². The van der Waals surface area contributed by atoms with E-state index in [1.54, 1.807) is 6.07 Å². The van der Waals surface area contributed by atoms with Crippen LogP contribution in [0.3, 0.4) is 0 Å². The molecule has 1 saturated heterocycles. The molecule has 1 aliphatic rings. The highest BCUT2D eigenvalue weighted by Crippen LogP contribution is 2.18. The van der Waals surface area contributed by atoms with Crippen molar-refractivity contribution in [3.63, 3.8) is 0 Å². The molecule has 1 aromatic rings. The smallest absolute Gasteiger partial charge is 0.229 e. The van der Waals surface area contributed by atoms with Crippen LogP contribution in [0.25, 0.3) is 0 Å². The maximum Gasteiger partial charge on any atom is 0.229 e. The topological polar surface area (TPSA) is 63.4 Å². The Kier molecular flexibility index (Phi) is 2.90. The molecule has 0 aliphatic carbocycles. The summed E-state index contributed by atoms with van der Waals surface area (Å²) in [5.41, 5.74) is 7.22. The number of nitrogen functional groups attached to an aromatic ring is 1. The quantitative estimate of drug-likeness (QED) is 0.601. The van der Waals surface area contributed by atoms with Crippen LogP contribution in [0.4, 0.5) is 5.69 Å². The van der Waals surface area contributed by atoms with Crippen LogP contribution in [-0.4, -0.2) is 16.7 Å². The minimum Gasteiger partial charge on any atom is -0.398 e. The molecule has 2 rings (SSSR count). The first-order chi connectivity index (χ1) is 7.68. The zero-order chi connectivity index (χ0) is 11.5. The lowest BCUT2D eigenvalue weighted by molar-refractivity contribution is -0.148. The molecule has 0 bridgehead atoms. The Labute approximate surface area is 94.0 Å². The van der Waals surface area contributed by atoms with Gasteiger partial charge < -0.3 is 5.73 Å². The molecule has 0 saturated carbocycles. The van der Waals surface area contributed by atoms with Crippen molar-refractivity contribution in [1.29, 1.82) is 0 Å². The Hall–Kier alpha value is -1.84. The average Bonchev–Trinajstić information content (AvgIpc) is 2.26. The van der Waals surface area contributed by atoms with Gasteiger partial charge in [0.1, 0.15) is 0 Å². The SMILES string of the molecule is Nc1ccccc1CN1C(=O)CCCC1=O. The summed E-state index contributed by atoms with van der Waals surface area (Å²) in [7, 11) is 0. The summed E-state index contributed by atoms with van der Waals surface area (Å²) >= 11 is 0. The number of benzene rings is 1. The summed E-state index contributed by atoms with van der Waals surface area (Å²) in [6.07, 6.45) is 1.58. The highest BCUT2D eigenvalue weighted by Gasteiger charge is 2.26. The average molecular weight is 218 g/mol. The number of rotatable bonds is 2. The first-order valence-electron chi connectivity index (χ1n) is 5.35. The molecular weight excluding hydrogens is 204 g/mol. The van der Waals surface area contributed by atoms with Crippen LogP contribution in [-0.2, 0) is 16.1 Å². The molecule has 2 amide bonds. The zero-order valence-electron chi connectivity index (χ0n) is 8.98. The largest absolute Gasteiger partial charge is 0.398 e. The molecule has 0 unspecified atom stereocenters. The first-order valence-corrected chi connectivity index (χ1v) is 5.35. The number of imide groups is 1. The molecule has 4 nitrogen and oxygen atoms in total. The van der Waals surface area contributed by atoms with E-state index in [2.05, 4.69) is 0 Å². The number of nitrogens with two attached hydrogens (primary N) is 1. The summed E-state index contributed by atoms with van der Waals surface area (Å²) in [4.78, 5) is 24.5. The van der Waals surface area contributed by atoms with Crippen LogP contribution in [0.5, 0.6) is 0 Å². The number of carbonyl (C=O) groups is 2. The molecule has 0 aromatic heterocycles. The van der Waals surface area contributed by atoms with Gasteiger partial charge in [0.05, 0.1) is 6.54 Å².